The van der Waals surface area contributed by atoms with Crippen molar-refractivity contribution in [3.8, 4) is 0 Å². The van der Waals surface area contributed by atoms with Crippen molar-refractivity contribution in [2.45, 2.75) is 38.6 Å². The van der Waals surface area contributed by atoms with Gasteiger partial charge in [0.1, 0.15) is 5.76 Å². The summed E-state index contributed by atoms with van der Waals surface area (Å²) >= 11 is 0. The first-order valence-corrected chi connectivity index (χ1v) is 10.4. The third-order valence-corrected chi connectivity index (χ3v) is 5.52. The Morgan fingerprint density at radius 3 is 2.47 bits per heavy atom. The number of carbonyl (C=O) groups is 1. The lowest BCUT2D eigenvalue weighted by Crippen LogP contribution is -2.49. The molecule has 3 rings (SSSR count). The van der Waals surface area contributed by atoms with Crippen LogP contribution in [0.15, 0.2) is 58.1 Å². The molecule has 1 fully saturated rings. The van der Waals surface area contributed by atoms with Crippen LogP contribution in [-0.2, 0) is 17.8 Å². The Hall–Kier alpha value is -2.03. The fraction of sp³-hybridized carbons (Fsp3) is 0.478. The lowest BCUT2D eigenvalue weighted by molar-refractivity contribution is -0.138. The molecule has 0 atom stereocenters. The molecule has 1 aromatic heterocycles. The van der Waals surface area contributed by atoms with Crippen LogP contribution in [0.1, 0.15) is 37.0 Å². The number of aliphatic imine (C=N–C) groups is 1. The average molecular weight is 524 g/mol. The molecule has 6 nitrogen and oxygen atoms in total. The third kappa shape index (κ3) is 6.75. The summed E-state index contributed by atoms with van der Waals surface area (Å²) in [6, 6.07) is 14.0. The van der Waals surface area contributed by atoms with Crippen LogP contribution in [0, 0.1) is 5.41 Å². The van der Waals surface area contributed by atoms with Crippen LogP contribution in [-0.4, -0.2) is 44.0 Å². The monoisotopic (exact) mass is 524 g/mol. The van der Waals surface area contributed by atoms with Gasteiger partial charge in [0, 0.05) is 33.6 Å². The molecule has 30 heavy (non-hydrogen) atoms. The van der Waals surface area contributed by atoms with E-state index in [-0.39, 0.29) is 35.3 Å². The van der Waals surface area contributed by atoms with E-state index in [2.05, 4.69) is 22.8 Å². The van der Waals surface area contributed by atoms with E-state index in [1.54, 1.807) is 11.2 Å². The molecule has 2 N–H and O–H groups in total. The molecule has 1 saturated carbocycles. The summed E-state index contributed by atoms with van der Waals surface area (Å²) in [7, 11) is 3.68. The van der Waals surface area contributed by atoms with Crippen molar-refractivity contribution in [1.82, 2.24) is 15.5 Å². The van der Waals surface area contributed by atoms with Crippen LogP contribution in [0.3, 0.4) is 0 Å². The van der Waals surface area contributed by atoms with Gasteiger partial charge in [0.25, 0.3) is 0 Å². The molecule has 0 saturated heterocycles. The zero-order chi connectivity index (χ0) is 20.5. The second-order valence-corrected chi connectivity index (χ2v) is 7.95. The van der Waals surface area contributed by atoms with E-state index in [0.29, 0.717) is 19.6 Å². The average Bonchev–Trinajstić information content (AvgIpc) is 3.42. The van der Waals surface area contributed by atoms with Gasteiger partial charge in [-0.25, -0.2) is 4.99 Å². The molecule has 0 aliphatic heterocycles. The molecular weight excluding hydrogens is 491 g/mol. The Labute approximate surface area is 196 Å². The van der Waals surface area contributed by atoms with Crippen molar-refractivity contribution in [3.05, 3.63) is 60.1 Å². The van der Waals surface area contributed by atoms with Gasteiger partial charge in [0.2, 0.25) is 5.91 Å². The van der Waals surface area contributed by atoms with Crippen LogP contribution < -0.4 is 10.6 Å². The highest BCUT2D eigenvalue weighted by molar-refractivity contribution is 14.0. The largest absolute Gasteiger partial charge is 0.469 e. The molecule has 1 aromatic carbocycles. The Kier molecular flexibility index (Phi) is 9.68. The highest BCUT2D eigenvalue weighted by atomic mass is 127. The van der Waals surface area contributed by atoms with Crippen LogP contribution in [0.5, 0.6) is 0 Å². The smallest absolute Gasteiger partial charge is 0.230 e. The number of benzene rings is 1. The van der Waals surface area contributed by atoms with Gasteiger partial charge in [-0.15, -0.1) is 24.0 Å². The number of amides is 1. The molecule has 0 bridgehead atoms. The topological polar surface area (TPSA) is 69.9 Å². The van der Waals surface area contributed by atoms with Crippen molar-refractivity contribution < 1.29 is 9.21 Å². The number of carbonyl (C=O) groups excluding carboxylic acids is 1. The number of hydrogen-bond donors (Lipinski definition) is 2. The summed E-state index contributed by atoms with van der Waals surface area (Å²) in [6.45, 7) is 1.90. The molecule has 0 unspecified atom stereocenters. The van der Waals surface area contributed by atoms with Crippen LogP contribution >= 0.6 is 24.0 Å². The predicted octanol–water partition coefficient (Wildman–Crippen LogP) is 3.82. The number of hydrogen-bond acceptors (Lipinski definition) is 3. The zero-order valence-electron chi connectivity index (χ0n) is 17.9. The van der Waals surface area contributed by atoms with E-state index in [9.17, 15) is 4.79 Å². The maximum absolute atomic E-state index is 12.8. The van der Waals surface area contributed by atoms with Crippen molar-refractivity contribution in [2.75, 3.05) is 27.2 Å². The third-order valence-electron chi connectivity index (χ3n) is 5.52. The minimum absolute atomic E-state index is 0. The lowest BCUT2D eigenvalue weighted by atomic mass is 9.84. The summed E-state index contributed by atoms with van der Waals surface area (Å²) in [4.78, 5) is 19.3. The van der Waals surface area contributed by atoms with Gasteiger partial charge in [-0.1, -0.05) is 43.2 Å². The zero-order valence-corrected chi connectivity index (χ0v) is 20.2. The Balaban J connectivity index is 0.00000320. The van der Waals surface area contributed by atoms with E-state index in [1.807, 2.05) is 44.4 Å². The quantitative estimate of drug-likeness (QED) is 0.313. The normalized spacial score (nSPS) is 15.3. The number of furan rings is 1. The van der Waals surface area contributed by atoms with Gasteiger partial charge < -0.3 is 20.0 Å². The Bertz CT molecular complexity index is 785. The summed E-state index contributed by atoms with van der Waals surface area (Å²) in [6.07, 6.45) is 6.52. The Morgan fingerprint density at radius 1 is 1.10 bits per heavy atom. The summed E-state index contributed by atoms with van der Waals surface area (Å²) in [5, 5.41) is 6.84. The lowest BCUT2D eigenvalue weighted by Gasteiger charge is -2.31. The minimum Gasteiger partial charge on any atom is -0.469 e. The van der Waals surface area contributed by atoms with Crippen molar-refractivity contribution in [1.29, 1.82) is 0 Å². The summed E-state index contributed by atoms with van der Waals surface area (Å²) in [5.74, 6) is 1.88. The van der Waals surface area contributed by atoms with E-state index in [1.165, 1.54) is 0 Å². The first-order valence-electron chi connectivity index (χ1n) is 10.4. The van der Waals surface area contributed by atoms with E-state index in [0.717, 1.165) is 49.4 Å². The summed E-state index contributed by atoms with van der Waals surface area (Å²) in [5.41, 5.74) is 0.819. The SMILES string of the molecule is CN(C)C(=O)C1(CNC(=NCc2ccccc2)NCCc2ccco2)CCCC1.I. The molecular formula is C23H33IN4O2. The first kappa shape index (κ1) is 24.2. The predicted molar refractivity (Wildman–Crippen MR) is 131 cm³/mol. The van der Waals surface area contributed by atoms with Crippen LogP contribution in [0.4, 0.5) is 0 Å². The molecule has 7 heteroatoms. The molecule has 1 aliphatic carbocycles. The number of nitrogens with one attached hydrogen (secondary N) is 2. The van der Waals surface area contributed by atoms with Gasteiger partial charge in [0.15, 0.2) is 5.96 Å². The molecule has 1 amide bonds. The highest BCUT2D eigenvalue weighted by Gasteiger charge is 2.42. The maximum Gasteiger partial charge on any atom is 0.230 e. The summed E-state index contributed by atoms with van der Waals surface area (Å²) < 4.78 is 5.41. The molecule has 164 valence electrons. The first-order chi connectivity index (χ1) is 14.1. The van der Waals surface area contributed by atoms with Gasteiger partial charge in [-0.05, 0) is 30.5 Å². The maximum atomic E-state index is 12.8. The van der Waals surface area contributed by atoms with Gasteiger partial charge in [0.05, 0.1) is 18.2 Å². The number of guanidine groups is 1. The number of nitrogens with zero attached hydrogens (tertiary/aromatic N) is 2. The fourth-order valence-corrected chi connectivity index (χ4v) is 3.93. The highest BCUT2D eigenvalue weighted by Crippen LogP contribution is 2.38. The minimum atomic E-state index is -0.334. The molecule has 1 heterocycles. The standard InChI is InChI=1S/C23H32N4O2.HI/c1-27(2)21(28)23(13-6-7-14-23)18-26-22(24-15-12-20-11-8-16-29-20)25-17-19-9-4-3-5-10-19;/h3-5,8-11,16H,6-7,12-15,17-18H2,1-2H3,(H2,24,25,26);1H. The molecule has 0 radical (unpaired) electrons. The number of rotatable bonds is 8. The molecule has 2 aromatic rings. The van der Waals surface area contributed by atoms with E-state index >= 15 is 0 Å². The van der Waals surface area contributed by atoms with Gasteiger partial charge in [-0.2, -0.15) is 0 Å². The van der Waals surface area contributed by atoms with Crippen LogP contribution in [0.25, 0.3) is 0 Å². The van der Waals surface area contributed by atoms with E-state index < -0.39 is 0 Å². The second-order valence-electron chi connectivity index (χ2n) is 7.95. The van der Waals surface area contributed by atoms with Gasteiger partial charge in [-0.3, -0.25) is 4.79 Å². The Morgan fingerprint density at radius 2 is 1.83 bits per heavy atom. The molecule has 1 aliphatic rings. The van der Waals surface area contributed by atoms with Crippen molar-refractivity contribution in [2.24, 2.45) is 10.4 Å². The van der Waals surface area contributed by atoms with Crippen molar-refractivity contribution in [3.63, 3.8) is 0 Å². The van der Waals surface area contributed by atoms with Crippen LogP contribution in [0.2, 0.25) is 0 Å². The fourth-order valence-electron chi connectivity index (χ4n) is 3.93. The number of halogens is 1. The van der Waals surface area contributed by atoms with Crippen molar-refractivity contribution >= 4 is 35.8 Å². The molecule has 0 spiro atoms. The van der Waals surface area contributed by atoms with Gasteiger partial charge >= 0.3 is 0 Å². The second kappa shape index (κ2) is 12.0. The van der Waals surface area contributed by atoms with E-state index in [4.69, 9.17) is 9.41 Å².